The minimum absolute atomic E-state index is 0.948. The fraction of sp³-hybridized carbons (Fsp3) is 0.478. The van der Waals surface area contributed by atoms with E-state index in [1.165, 1.54) is 147 Å². The van der Waals surface area contributed by atoms with Gasteiger partial charge in [0.05, 0.1) is 0 Å². The molecule has 258 valence electrons. The van der Waals surface area contributed by atoms with Crippen molar-refractivity contribution in [3.05, 3.63) is 129 Å². The fourth-order valence-electron chi connectivity index (χ4n) is 6.94. The van der Waals surface area contributed by atoms with Gasteiger partial charge in [0.1, 0.15) is 0 Å². The summed E-state index contributed by atoms with van der Waals surface area (Å²) < 4.78 is 0. The average molecular weight is 645 g/mol. The van der Waals surface area contributed by atoms with Crippen molar-refractivity contribution in [3.63, 3.8) is 0 Å². The average Bonchev–Trinajstić information content (AvgIpc) is 3.10. The highest BCUT2D eigenvalue weighted by Gasteiger charge is 2.06. The van der Waals surface area contributed by atoms with Crippen LogP contribution in [0.25, 0.3) is 0 Å². The first-order chi connectivity index (χ1) is 23.5. The number of hydrogen-bond acceptors (Lipinski definition) is 2. The van der Waals surface area contributed by atoms with Crippen molar-refractivity contribution < 1.29 is 0 Å². The zero-order valence-corrected chi connectivity index (χ0v) is 30.4. The Morgan fingerprint density at radius 2 is 0.646 bits per heavy atom. The van der Waals surface area contributed by atoms with Crippen LogP contribution in [0.5, 0.6) is 0 Å². The minimum atomic E-state index is 0.948. The van der Waals surface area contributed by atoms with Crippen LogP contribution in [0.2, 0.25) is 0 Å². The van der Waals surface area contributed by atoms with Gasteiger partial charge in [-0.05, 0) is 121 Å². The number of nitrogen functional groups attached to an aromatic ring is 2. The lowest BCUT2D eigenvalue weighted by atomic mass is 9.97. The highest BCUT2D eigenvalue weighted by molar-refractivity contribution is 5.50. The molecule has 48 heavy (non-hydrogen) atoms. The Balaban J connectivity index is 1.07. The van der Waals surface area contributed by atoms with E-state index < -0.39 is 0 Å². The van der Waals surface area contributed by atoms with Gasteiger partial charge in [-0.1, -0.05) is 151 Å². The number of nitrogens with two attached hydrogens (primary N) is 2. The van der Waals surface area contributed by atoms with Crippen LogP contribution in [0.15, 0.2) is 84.9 Å². The Morgan fingerprint density at radius 3 is 1.04 bits per heavy atom. The quantitative estimate of drug-likeness (QED) is 0.0623. The summed E-state index contributed by atoms with van der Waals surface area (Å²) >= 11 is 0. The smallest absolute Gasteiger partial charge is 0.0346 e. The molecule has 0 amide bonds. The molecule has 0 aliphatic rings. The van der Waals surface area contributed by atoms with E-state index in [2.05, 4.69) is 98.8 Å². The highest BCUT2D eigenvalue weighted by atomic mass is 14.6. The van der Waals surface area contributed by atoms with Gasteiger partial charge in [-0.2, -0.15) is 0 Å². The molecule has 2 heteroatoms. The molecule has 4 aromatic carbocycles. The predicted octanol–water partition coefficient (Wildman–Crippen LogP) is 12.4. The van der Waals surface area contributed by atoms with Crippen molar-refractivity contribution in [3.8, 4) is 0 Å². The molecule has 4 rings (SSSR count). The predicted molar refractivity (Wildman–Crippen MR) is 211 cm³/mol. The summed E-state index contributed by atoms with van der Waals surface area (Å²) in [4.78, 5) is 0. The van der Waals surface area contributed by atoms with E-state index in [0.717, 1.165) is 37.1 Å². The van der Waals surface area contributed by atoms with Gasteiger partial charge in [0.25, 0.3) is 0 Å². The van der Waals surface area contributed by atoms with Crippen LogP contribution < -0.4 is 11.5 Å². The topological polar surface area (TPSA) is 52.0 Å². The molecule has 0 fully saturated rings. The number of hydrogen-bond donors (Lipinski definition) is 2. The molecule has 0 unspecified atom stereocenters. The van der Waals surface area contributed by atoms with Crippen LogP contribution in [0.1, 0.15) is 148 Å². The number of aryl methyl sites for hydroxylation is 4. The molecule has 0 spiro atoms. The third-order valence-electron chi connectivity index (χ3n) is 10.1. The SMILES string of the molecule is CCCCCCc1cc(Cc2ccc(CCCCCCCCc3ccc(Cc4ccc(N)c(CCCCCC)c4)cc3)cc2)ccc1N. The van der Waals surface area contributed by atoms with E-state index in [4.69, 9.17) is 11.5 Å². The molecular weight excluding hydrogens is 581 g/mol. The van der Waals surface area contributed by atoms with Crippen LogP contribution in [0.4, 0.5) is 11.4 Å². The van der Waals surface area contributed by atoms with E-state index in [9.17, 15) is 0 Å². The summed E-state index contributed by atoms with van der Waals surface area (Å²) in [5.74, 6) is 0. The maximum absolute atomic E-state index is 6.28. The summed E-state index contributed by atoms with van der Waals surface area (Å²) in [6.45, 7) is 4.52. The Bertz CT molecular complexity index is 1340. The molecule has 0 saturated carbocycles. The van der Waals surface area contributed by atoms with Gasteiger partial charge in [0.15, 0.2) is 0 Å². The van der Waals surface area contributed by atoms with Crippen LogP contribution >= 0.6 is 0 Å². The summed E-state index contributed by atoms with van der Waals surface area (Å²) in [7, 11) is 0. The highest BCUT2D eigenvalue weighted by Crippen LogP contribution is 2.22. The molecule has 0 radical (unpaired) electrons. The normalized spacial score (nSPS) is 11.3. The summed E-state index contributed by atoms with van der Waals surface area (Å²) in [5.41, 5.74) is 25.5. The molecular formula is C46H64N2. The van der Waals surface area contributed by atoms with E-state index >= 15 is 0 Å². The number of anilines is 2. The molecule has 2 nitrogen and oxygen atoms in total. The maximum Gasteiger partial charge on any atom is 0.0346 e. The first kappa shape index (κ1) is 37.3. The summed E-state index contributed by atoms with van der Waals surface area (Å²) in [5, 5.41) is 0. The first-order valence-corrected chi connectivity index (χ1v) is 19.4. The fourth-order valence-corrected chi connectivity index (χ4v) is 6.94. The molecule has 4 N–H and O–H groups in total. The maximum atomic E-state index is 6.28. The van der Waals surface area contributed by atoms with Gasteiger partial charge in [0.2, 0.25) is 0 Å². The van der Waals surface area contributed by atoms with Gasteiger partial charge >= 0.3 is 0 Å². The molecule has 0 bridgehead atoms. The Hall–Kier alpha value is -3.52. The minimum Gasteiger partial charge on any atom is -0.399 e. The number of rotatable bonds is 23. The lowest BCUT2D eigenvalue weighted by Gasteiger charge is -2.10. The van der Waals surface area contributed by atoms with E-state index in [0.29, 0.717) is 0 Å². The number of benzene rings is 4. The van der Waals surface area contributed by atoms with Crippen LogP contribution in [0.3, 0.4) is 0 Å². The van der Waals surface area contributed by atoms with Crippen molar-refractivity contribution in [1.82, 2.24) is 0 Å². The van der Waals surface area contributed by atoms with Gasteiger partial charge in [0, 0.05) is 11.4 Å². The number of unbranched alkanes of at least 4 members (excludes halogenated alkanes) is 11. The third-order valence-corrected chi connectivity index (χ3v) is 10.1. The zero-order chi connectivity index (χ0) is 33.8. The summed E-state index contributed by atoms with van der Waals surface area (Å²) in [6.07, 6.45) is 24.7. The van der Waals surface area contributed by atoms with Gasteiger partial charge in [-0.15, -0.1) is 0 Å². The lowest BCUT2D eigenvalue weighted by Crippen LogP contribution is -1.98. The van der Waals surface area contributed by atoms with E-state index in [1.54, 1.807) is 0 Å². The lowest BCUT2D eigenvalue weighted by molar-refractivity contribution is 0.594. The van der Waals surface area contributed by atoms with Gasteiger partial charge in [-0.25, -0.2) is 0 Å². The third kappa shape index (κ3) is 13.5. The first-order valence-electron chi connectivity index (χ1n) is 19.4. The van der Waals surface area contributed by atoms with Crippen LogP contribution in [-0.4, -0.2) is 0 Å². The standard InChI is InChI=1S/C46H64N2/c1-3-5-7-15-19-43-35-41(29-31-45(43)47)33-39-25-21-37(22-26-39)17-13-11-9-10-12-14-18-38-23-27-40(28-24-38)34-42-30-32-46(48)44(36-42)20-16-8-6-4-2/h21-32,35-36H,3-20,33-34,47-48H2,1-2H3. The molecule has 4 aromatic rings. The Kier molecular flexibility index (Phi) is 16.7. The van der Waals surface area contributed by atoms with Crippen molar-refractivity contribution in [2.24, 2.45) is 0 Å². The van der Waals surface area contributed by atoms with Crippen molar-refractivity contribution in [2.45, 2.75) is 142 Å². The molecule has 0 heterocycles. The van der Waals surface area contributed by atoms with Crippen molar-refractivity contribution >= 4 is 11.4 Å². The second kappa shape index (κ2) is 21.5. The van der Waals surface area contributed by atoms with E-state index in [-0.39, 0.29) is 0 Å². The monoisotopic (exact) mass is 645 g/mol. The van der Waals surface area contributed by atoms with Crippen LogP contribution in [-0.2, 0) is 38.5 Å². The molecule has 0 aromatic heterocycles. The molecule has 0 atom stereocenters. The summed E-state index contributed by atoms with van der Waals surface area (Å²) in [6, 6.07) is 31.9. The van der Waals surface area contributed by atoms with Crippen molar-refractivity contribution in [1.29, 1.82) is 0 Å². The molecule has 0 aliphatic heterocycles. The second-order valence-electron chi connectivity index (χ2n) is 14.3. The van der Waals surface area contributed by atoms with Crippen molar-refractivity contribution in [2.75, 3.05) is 11.5 Å². The van der Waals surface area contributed by atoms with E-state index in [1.807, 2.05) is 0 Å². The Morgan fingerprint density at radius 1 is 0.333 bits per heavy atom. The molecule has 0 aliphatic carbocycles. The Labute approximate surface area is 293 Å². The molecule has 0 saturated heterocycles. The van der Waals surface area contributed by atoms with Crippen LogP contribution in [0, 0.1) is 0 Å². The largest absolute Gasteiger partial charge is 0.399 e. The van der Waals surface area contributed by atoms with Gasteiger partial charge in [-0.3, -0.25) is 0 Å². The second-order valence-corrected chi connectivity index (χ2v) is 14.3. The zero-order valence-electron chi connectivity index (χ0n) is 30.4. The van der Waals surface area contributed by atoms with Gasteiger partial charge < -0.3 is 11.5 Å².